The predicted molar refractivity (Wildman–Crippen MR) is 66.4 cm³/mol. The third-order valence-electron chi connectivity index (χ3n) is 2.73. The maximum atomic E-state index is 12.8. The highest BCUT2D eigenvalue weighted by molar-refractivity contribution is 5.92. The minimum Gasteiger partial charge on any atom is -0.478 e. The van der Waals surface area contributed by atoms with Crippen LogP contribution in [0.4, 0.5) is 4.39 Å². The number of rotatable bonds is 2. The van der Waals surface area contributed by atoms with Crippen molar-refractivity contribution in [1.29, 1.82) is 0 Å². The molecule has 2 aromatic carbocycles. The molecule has 0 amide bonds. The highest BCUT2D eigenvalue weighted by Gasteiger charge is 2.11. The van der Waals surface area contributed by atoms with E-state index in [2.05, 4.69) is 4.98 Å². The van der Waals surface area contributed by atoms with Crippen molar-refractivity contribution >= 4 is 17.1 Å². The van der Waals surface area contributed by atoms with Gasteiger partial charge in [0.05, 0.1) is 5.56 Å². The first-order chi connectivity index (χ1) is 9.13. The molecule has 3 aromatic rings. The summed E-state index contributed by atoms with van der Waals surface area (Å²) in [6, 6.07) is 10.2. The zero-order chi connectivity index (χ0) is 13.4. The van der Waals surface area contributed by atoms with Gasteiger partial charge in [0.25, 0.3) is 0 Å². The van der Waals surface area contributed by atoms with Crippen LogP contribution in [0.25, 0.3) is 22.6 Å². The van der Waals surface area contributed by atoms with Crippen LogP contribution in [0, 0.1) is 5.82 Å². The zero-order valence-electron chi connectivity index (χ0n) is 9.63. The van der Waals surface area contributed by atoms with Crippen LogP contribution >= 0.6 is 0 Å². The van der Waals surface area contributed by atoms with Crippen LogP contribution in [0.3, 0.4) is 0 Å². The number of nitrogens with zero attached hydrogens (tertiary/aromatic N) is 1. The Morgan fingerprint density at radius 1 is 1.16 bits per heavy atom. The van der Waals surface area contributed by atoms with Crippen LogP contribution in [-0.4, -0.2) is 16.1 Å². The van der Waals surface area contributed by atoms with E-state index in [9.17, 15) is 9.18 Å². The van der Waals surface area contributed by atoms with Crippen LogP contribution in [-0.2, 0) is 0 Å². The Kier molecular flexibility index (Phi) is 2.52. The fourth-order valence-corrected chi connectivity index (χ4v) is 1.78. The van der Waals surface area contributed by atoms with Crippen molar-refractivity contribution in [1.82, 2.24) is 4.98 Å². The summed E-state index contributed by atoms with van der Waals surface area (Å²) in [4.78, 5) is 15.1. The maximum Gasteiger partial charge on any atom is 0.335 e. The molecule has 1 N–H and O–H groups in total. The average Bonchev–Trinajstić information content (AvgIpc) is 2.82. The highest BCUT2D eigenvalue weighted by Crippen LogP contribution is 2.25. The van der Waals surface area contributed by atoms with Crippen molar-refractivity contribution in [2.24, 2.45) is 0 Å². The monoisotopic (exact) mass is 257 g/mol. The molecule has 94 valence electrons. The molecular formula is C14H8FNO3. The van der Waals surface area contributed by atoms with E-state index in [1.807, 2.05) is 0 Å². The largest absolute Gasteiger partial charge is 0.478 e. The molecule has 4 nitrogen and oxygen atoms in total. The van der Waals surface area contributed by atoms with Gasteiger partial charge in [0.1, 0.15) is 11.3 Å². The van der Waals surface area contributed by atoms with E-state index in [0.717, 1.165) is 0 Å². The summed E-state index contributed by atoms with van der Waals surface area (Å²) in [5.41, 5.74) is 1.73. The van der Waals surface area contributed by atoms with Crippen LogP contribution < -0.4 is 0 Å². The Morgan fingerprint density at radius 2 is 1.89 bits per heavy atom. The van der Waals surface area contributed by atoms with Gasteiger partial charge in [-0.3, -0.25) is 0 Å². The van der Waals surface area contributed by atoms with Crippen molar-refractivity contribution < 1.29 is 18.7 Å². The van der Waals surface area contributed by atoms with E-state index in [-0.39, 0.29) is 11.4 Å². The number of halogens is 1. The van der Waals surface area contributed by atoms with Gasteiger partial charge in [-0.25, -0.2) is 14.2 Å². The van der Waals surface area contributed by atoms with Crippen LogP contribution in [0.5, 0.6) is 0 Å². The lowest BCUT2D eigenvalue weighted by Crippen LogP contribution is -1.94. The van der Waals surface area contributed by atoms with Crippen molar-refractivity contribution in [3.05, 3.63) is 53.8 Å². The van der Waals surface area contributed by atoms with Gasteiger partial charge in [-0.2, -0.15) is 0 Å². The first kappa shape index (κ1) is 11.4. The first-order valence-corrected chi connectivity index (χ1v) is 5.53. The zero-order valence-corrected chi connectivity index (χ0v) is 9.63. The Balaban J connectivity index is 2.11. The predicted octanol–water partition coefficient (Wildman–Crippen LogP) is 3.33. The summed E-state index contributed by atoms with van der Waals surface area (Å²) in [5.74, 6) is -1.03. The second-order valence-corrected chi connectivity index (χ2v) is 4.01. The van der Waals surface area contributed by atoms with Crippen molar-refractivity contribution in [2.45, 2.75) is 0 Å². The van der Waals surface area contributed by atoms with Gasteiger partial charge in [0.15, 0.2) is 5.58 Å². The molecule has 1 heterocycles. The number of oxazole rings is 1. The average molecular weight is 257 g/mol. The second-order valence-electron chi connectivity index (χ2n) is 4.01. The summed E-state index contributed by atoms with van der Waals surface area (Å²) >= 11 is 0. The molecule has 0 saturated carbocycles. The number of benzene rings is 2. The number of fused-ring (bicyclic) bond motifs is 1. The van der Waals surface area contributed by atoms with Gasteiger partial charge >= 0.3 is 5.97 Å². The topological polar surface area (TPSA) is 63.3 Å². The lowest BCUT2D eigenvalue weighted by atomic mass is 10.2. The molecule has 0 aliphatic carbocycles. The van der Waals surface area contributed by atoms with Crippen molar-refractivity contribution in [3.8, 4) is 11.5 Å². The molecule has 0 bridgehead atoms. The summed E-state index contributed by atoms with van der Waals surface area (Å²) in [6.07, 6.45) is 0. The van der Waals surface area contributed by atoms with Crippen LogP contribution in [0.2, 0.25) is 0 Å². The Bertz CT molecular complexity index is 762. The fraction of sp³-hybridized carbons (Fsp3) is 0. The third-order valence-corrected chi connectivity index (χ3v) is 2.73. The minimum atomic E-state index is -1.02. The number of hydrogen-bond acceptors (Lipinski definition) is 3. The number of carboxylic acid groups (broad SMARTS) is 1. The van der Waals surface area contributed by atoms with Gasteiger partial charge in [0, 0.05) is 5.56 Å². The lowest BCUT2D eigenvalue weighted by Gasteiger charge is -1.93. The van der Waals surface area contributed by atoms with E-state index in [1.54, 1.807) is 18.2 Å². The van der Waals surface area contributed by atoms with E-state index in [0.29, 0.717) is 22.6 Å². The van der Waals surface area contributed by atoms with Crippen molar-refractivity contribution in [3.63, 3.8) is 0 Å². The van der Waals surface area contributed by atoms with Crippen LogP contribution in [0.1, 0.15) is 10.4 Å². The number of hydrogen-bond donors (Lipinski definition) is 1. The van der Waals surface area contributed by atoms with Gasteiger partial charge < -0.3 is 9.52 Å². The normalized spacial score (nSPS) is 10.8. The molecule has 0 radical (unpaired) electrons. The molecule has 1 aromatic heterocycles. The minimum absolute atomic E-state index is 0.145. The van der Waals surface area contributed by atoms with Crippen LogP contribution in [0.15, 0.2) is 46.9 Å². The summed E-state index contributed by atoms with van der Waals surface area (Å²) < 4.78 is 18.3. The standard InChI is InChI=1S/C14H8FNO3/c15-10-4-1-8(2-5-10)13-16-11-7-9(14(17)18)3-6-12(11)19-13/h1-7H,(H,17,18). The van der Waals surface area contributed by atoms with E-state index in [1.165, 1.54) is 24.3 Å². The van der Waals surface area contributed by atoms with Gasteiger partial charge in [-0.1, -0.05) is 0 Å². The quantitative estimate of drug-likeness (QED) is 0.764. The molecule has 0 aliphatic heterocycles. The Hall–Kier alpha value is -2.69. The number of carboxylic acids is 1. The molecule has 5 heteroatoms. The third kappa shape index (κ3) is 2.06. The van der Waals surface area contributed by atoms with Gasteiger partial charge in [-0.15, -0.1) is 0 Å². The van der Waals surface area contributed by atoms with E-state index < -0.39 is 5.97 Å². The SMILES string of the molecule is O=C(O)c1ccc2oc(-c3ccc(F)cc3)nc2c1. The Labute approximate surface area is 107 Å². The molecule has 3 rings (SSSR count). The van der Waals surface area contributed by atoms with E-state index in [4.69, 9.17) is 9.52 Å². The number of carbonyl (C=O) groups is 1. The fourth-order valence-electron chi connectivity index (χ4n) is 1.78. The molecule has 0 saturated heterocycles. The lowest BCUT2D eigenvalue weighted by molar-refractivity contribution is 0.0697. The number of aromatic nitrogens is 1. The summed E-state index contributed by atoms with van der Waals surface area (Å²) in [7, 11) is 0. The highest BCUT2D eigenvalue weighted by atomic mass is 19.1. The molecule has 19 heavy (non-hydrogen) atoms. The second kappa shape index (κ2) is 4.20. The molecule has 0 unspecified atom stereocenters. The summed E-state index contributed by atoms with van der Waals surface area (Å²) in [6.45, 7) is 0. The molecule has 0 atom stereocenters. The molecule has 0 fully saturated rings. The van der Waals surface area contributed by atoms with E-state index >= 15 is 0 Å². The summed E-state index contributed by atoms with van der Waals surface area (Å²) in [5, 5.41) is 8.90. The maximum absolute atomic E-state index is 12.8. The molecule has 0 aliphatic rings. The molecular weight excluding hydrogens is 249 g/mol. The first-order valence-electron chi connectivity index (χ1n) is 5.53. The Morgan fingerprint density at radius 3 is 2.58 bits per heavy atom. The van der Waals surface area contributed by atoms with Gasteiger partial charge in [0.2, 0.25) is 5.89 Å². The molecule has 0 spiro atoms. The van der Waals surface area contributed by atoms with Crippen molar-refractivity contribution in [2.75, 3.05) is 0 Å². The number of aromatic carboxylic acids is 1. The van der Waals surface area contributed by atoms with Gasteiger partial charge in [-0.05, 0) is 42.5 Å². The smallest absolute Gasteiger partial charge is 0.335 e.